The van der Waals surface area contributed by atoms with E-state index in [9.17, 15) is 4.79 Å². The third-order valence-corrected chi connectivity index (χ3v) is 2.48. The van der Waals surface area contributed by atoms with Crippen molar-refractivity contribution in [2.24, 2.45) is 0 Å². The summed E-state index contributed by atoms with van der Waals surface area (Å²) in [5.41, 5.74) is 2.29. The Morgan fingerprint density at radius 3 is 2.53 bits per heavy atom. The molecule has 0 aliphatic carbocycles. The zero-order chi connectivity index (χ0) is 12.3. The molecule has 0 spiro atoms. The second kappa shape index (κ2) is 4.74. The first-order valence-corrected chi connectivity index (χ1v) is 5.16. The van der Waals surface area contributed by atoms with Crippen molar-refractivity contribution >= 4 is 5.78 Å². The second-order valence-corrected chi connectivity index (χ2v) is 3.60. The molecule has 0 saturated carbocycles. The molecular weight excluding hydrogens is 216 g/mol. The Morgan fingerprint density at radius 1 is 1.24 bits per heavy atom. The lowest BCUT2D eigenvalue weighted by molar-refractivity contribution is 0.101. The van der Waals surface area contributed by atoms with Crippen molar-refractivity contribution in [2.45, 2.75) is 6.92 Å². The molecule has 2 aromatic rings. The van der Waals surface area contributed by atoms with Crippen molar-refractivity contribution in [3.63, 3.8) is 0 Å². The van der Waals surface area contributed by atoms with Crippen LogP contribution in [-0.2, 0) is 0 Å². The monoisotopic (exact) mass is 228 g/mol. The fourth-order valence-electron chi connectivity index (χ4n) is 1.59. The summed E-state index contributed by atoms with van der Waals surface area (Å²) in [6.07, 6.45) is 4.84. The Kier molecular flexibility index (Phi) is 3.14. The normalized spacial score (nSPS) is 10.0. The van der Waals surface area contributed by atoms with E-state index in [4.69, 9.17) is 4.74 Å². The van der Waals surface area contributed by atoms with Crippen molar-refractivity contribution in [3.8, 4) is 16.9 Å². The highest BCUT2D eigenvalue weighted by Crippen LogP contribution is 2.29. The van der Waals surface area contributed by atoms with E-state index in [0.29, 0.717) is 11.3 Å². The summed E-state index contributed by atoms with van der Waals surface area (Å²) in [5, 5.41) is 0. The molecule has 0 fully saturated rings. The number of aromatic nitrogens is 2. The predicted molar refractivity (Wildman–Crippen MR) is 64.0 cm³/mol. The molecule has 0 saturated heterocycles. The number of rotatable bonds is 3. The number of benzene rings is 1. The molecule has 4 heteroatoms. The molecule has 0 radical (unpaired) electrons. The van der Waals surface area contributed by atoms with Crippen LogP contribution in [0.15, 0.2) is 36.9 Å². The van der Waals surface area contributed by atoms with E-state index in [1.165, 1.54) is 13.3 Å². The zero-order valence-electron chi connectivity index (χ0n) is 9.68. The molecule has 0 N–H and O–H groups in total. The van der Waals surface area contributed by atoms with Gasteiger partial charge >= 0.3 is 0 Å². The minimum Gasteiger partial charge on any atom is -0.496 e. The van der Waals surface area contributed by atoms with Crippen LogP contribution in [0.2, 0.25) is 0 Å². The number of nitrogens with zero attached hydrogens (tertiary/aromatic N) is 2. The first-order valence-electron chi connectivity index (χ1n) is 5.16. The maximum Gasteiger partial charge on any atom is 0.159 e. The maximum atomic E-state index is 11.4. The lowest BCUT2D eigenvalue weighted by Gasteiger charge is -2.09. The molecule has 0 aliphatic rings. The number of methoxy groups -OCH3 is 1. The Morgan fingerprint density at radius 2 is 1.94 bits per heavy atom. The largest absolute Gasteiger partial charge is 0.496 e. The van der Waals surface area contributed by atoms with E-state index >= 15 is 0 Å². The molecule has 1 aromatic heterocycles. The highest BCUT2D eigenvalue weighted by molar-refractivity contribution is 5.95. The van der Waals surface area contributed by atoms with Gasteiger partial charge in [0.25, 0.3) is 0 Å². The average Bonchev–Trinajstić information content (AvgIpc) is 2.39. The summed E-state index contributed by atoms with van der Waals surface area (Å²) in [4.78, 5) is 19.3. The Balaban J connectivity index is 2.58. The van der Waals surface area contributed by atoms with Crippen LogP contribution in [-0.4, -0.2) is 22.9 Å². The third kappa shape index (κ3) is 2.30. The SMILES string of the molecule is COc1ccc(C(C)=O)cc1-c1cncnc1. The summed E-state index contributed by atoms with van der Waals surface area (Å²) in [6.45, 7) is 1.53. The quantitative estimate of drug-likeness (QED) is 0.757. The Bertz CT molecular complexity index is 538. The fourth-order valence-corrected chi connectivity index (χ4v) is 1.59. The van der Waals surface area contributed by atoms with Gasteiger partial charge in [-0.3, -0.25) is 4.79 Å². The number of hydrogen-bond acceptors (Lipinski definition) is 4. The summed E-state index contributed by atoms with van der Waals surface area (Å²) >= 11 is 0. The molecule has 2 rings (SSSR count). The maximum absolute atomic E-state index is 11.4. The van der Waals surface area contributed by atoms with Gasteiger partial charge in [0.15, 0.2) is 5.78 Å². The van der Waals surface area contributed by atoms with Gasteiger partial charge in [-0.2, -0.15) is 0 Å². The van der Waals surface area contributed by atoms with Crippen LogP contribution in [0.3, 0.4) is 0 Å². The summed E-state index contributed by atoms with van der Waals surface area (Å²) in [5.74, 6) is 0.718. The van der Waals surface area contributed by atoms with Crippen LogP contribution >= 0.6 is 0 Å². The molecule has 1 aromatic carbocycles. The molecule has 1 heterocycles. The van der Waals surface area contributed by atoms with E-state index in [-0.39, 0.29) is 5.78 Å². The van der Waals surface area contributed by atoms with Crippen LogP contribution in [0.25, 0.3) is 11.1 Å². The van der Waals surface area contributed by atoms with Crippen molar-refractivity contribution in [2.75, 3.05) is 7.11 Å². The van der Waals surface area contributed by atoms with Gasteiger partial charge in [0.2, 0.25) is 0 Å². The van der Waals surface area contributed by atoms with Crippen LogP contribution in [0.5, 0.6) is 5.75 Å². The van der Waals surface area contributed by atoms with Gasteiger partial charge in [0, 0.05) is 29.1 Å². The van der Waals surface area contributed by atoms with Crippen LogP contribution in [0, 0.1) is 0 Å². The average molecular weight is 228 g/mol. The number of Topliss-reactive ketones (excluding diaryl/α,β-unsaturated/α-hetero) is 1. The molecule has 17 heavy (non-hydrogen) atoms. The van der Waals surface area contributed by atoms with E-state index in [0.717, 1.165) is 11.1 Å². The molecule has 0 aliphatic heterocycles. The number of carbonyl (C=O) groups excluding carboxylic acids is 1. The molecule has 4 nitrogen and oxygen atoms in total. The number of hydrogen-bond donors (Lipinski definition) is 0. The second-order valence-electron chi connectivity index (χ2n) is 3.60. The smallest absolute Gasteiger partial charge is 0.159 e. The lowest BCUT2D eigenvalue weighted by Crippen LogP contribution is -1.95. The Labute approximate surface area is 99.3 Å². The number of ether oxygens (including phenoxy) is 1. The van der Waals surface area contributed by atoms with Crippen molar-refractivity contribution in [1.82, 2.24) is 9.97 Å². The summed E-state index contributed by atoms with van der Waals surface area (Å²) in [7, 11) is 1.59. The van der Waals surface area contributed by atoms with Crippen molar-refractivity contribution in [1.29, 1.82) is 0 Å². The van der Waals surface area contributed by atoms with E-state index in [2.05, 4.69) is 9.97 Å². The first-order chi connectivity index (χ1) is 8.22. The molecule has 0 bridgehead atoms. The molecule has 86 valence electrons. The summed E-state index contributed by atoms with van der Waals surface area (Å²) < 4.78 is 5.27. The molecule has 0 unspecified atom stereocenters. The number of ketones is 1. The van der Waals surface area contributed by atoms with Gasteiger partial charge in [0.1, 0.15) is 12.1 Å². The van der Waals surface area contributed by atoms with E-state index < -0.39 is 0 Å². The van der Waals surface area contributed by atoms with Crippen molar-refractivity contribution in [3.05, 3.63) is 42.5 Å². The van der Waals surface area contributed by atoms with Gasteiger partial charge in [-0.05, 0) is 25.1 Å². The topological polar surface area (TPSA) is 52.1 Å². The van der Waals surface area contributed by atoms with Crippen molar-refractivity contribution < 1.29 is 9.53 Å². The van der Waals surface area contributed by atoms with Crippen LogP contribution < -0.4 is 4.74 Å². The van der Waals surface area contributed by atoms with Gasteiger partial charge < -0.3 is 4.74 Å². The van der Waals surface area contributed by atoms with Gasteiger partial charge in [-0.25, -0.2) is 9.97 Å². The van der Waals surface area contributed by atoms with Crippen LogP contribution in [0.1, 0.15) is 17.3 Å². The lowest BCUT2D eigenvalue weighted by atomic mass is 10.0. The van der Waals surface area contributed by atoms with Gasteiger partial charge in [0.05, 0.1) is 7.11 Å². The minimum atomic E-state index is 0.0192. The molecular formula is C13H12N2O2. The minimum absolute atomic E-state index is 0.0192. The first kappa shape index (κ1) is 11.3. The van der Waals surface area contributed by atoms with E-state index in [1.807, 2.05) is 0 Å². The predicted octanol–water partition coefficient (Wildman–Crippen LogP) is 2.35. The zero-order valence-corrected chi connectivity index (χ0v) is 9.68. The third-order valence-electron chi connectivity index (χ3n) is 2.48. The van der Waals surface area contributed by atoms with E-state index in [1.54, 1.807) is 37.7 Å². The van der Waals surface area contributed by atoms with Gasteiger partial charge in [-0.1, -0.05) is 0 Å². The fraction of sp³-hybridized carbons (Fsp3) is 0.154. The van der Waals surface area contributed by atoms with Crippen LogP contribution in [0.4, 0.5) is 0 Å². The number of carbonyl (C=O) groups is 1. The highest BCUT2D eigenvalue weighted by Gasteiger charge is 2.09. The standard InChI is InChI=1S/C13H12N2O2/c1-9(16)10-3-4-13(17-2)12(5-10)11-6-14-8-15-7-11/h3-8H,1-2H3. The molecule has 0 atom stereocenters. The Hall–Kier alpha value is -2.23. The summed E-state index contributed by atoms with van der Waals surface area (Å²) in [6, 6.07) is 5.31. The molecule has 0 amide bonds. The highest BCUT2D eigenvalue weighted by atomic mass is 16.5. The van der Waals surface area contributed by atoms with Gasteiger partial charge in [-0.15, -0.1) is 0 Å².